The van der Waals surface area contributed by atoms with Crippen LogP contribution in [0.1, 0.15) is 25.3 Å². The minimum Gasteiger partial charge on any atom is -0.369 e. The highest BCUT2D eigenvalue weighted by atomic mass is 16.1. The lowest BCUT2D eigenvalue weighted by molar-refractivity contribution is -0.112. The maximum atomic E-state index is 12.3. The highest BCUT2D eigenvalue weighted by Gasteiger charge is 2.11. The van der Waals surface area contributed by atoms with Crippen LogP contribution in [0.4, 0.5) is 5.69 Å². The number of benzene rings is 1. The van der Waals surface area contributed by atoms with Crippen LogP contribution in [0.3, 0.4) is 0 Å². The highest BCUT2D eigenvalue weighted by molar-refractivity contribution is 6.06. The Bertz CT molecular complexity index is 613. The monoisotopic (exact) mass is 323 g/mol. The first kappa shape index (κ1) is 19.2. The summed E-state index contributed by atoms with van der Waals surface area (Å²) in [5.41, 5.74) is 1.98. The number of unbranched alkanes of at least 4 members (excludes halogenated alkanes) is 1. The summed E-state index contributed by atoms with van der Waals surface area (Å²) >= 11 is 0. The van der Waals surface area contributed by atoms with E-state index in [0.717, 1.165) is 19.3 Å². The topological polar surface area (TPSA) is 56.1 Å². The fourth-order valence-electron chi connectivity index (χ4n) is 2.17. The summed E-state index contributed by atoms with van der Waals surface area (Å²) in [5, 5.41) is 12.0. The molecule has 126 valence electrons. The molecule has 0 fully saturated rings. The number of carbonyl (C=O) groups excluding carboxylic acids is 1. The third-order valence-electron chi connectivity index (χ3n) is 3.43. The summed E-state index contributed by atoms with van der Waals surface area (Å²) in [6, 6.07) is 9.68. The van der Waals surface area contributed by atoms with Crippen molar-refractivity contribution in [2.75, 3.05) is 18.4 Å². The number of nitrogens with zero attached hydrogens (tertiary/aromatic N) is 2. The van der Waals surface area contributed by atoms with E-state index in [4.69, 9.17) is 0 Å². The number of rotatable bonds is 10. The highest BCUT2D eigenvalue weighted by Crippen LogP contribution is 2.13. The number of hydrogen-bond acceptors (Lipinski definition) is 3. The second-order valence-electron chi connectivity index (χ2n) is 5.44. The van der Waals surface area contributed by atoms with Gasteiger partial charge in [0.05, 0.1) is 0 Å². The van der Waals surface area contributed by atoms with Crippen molar-refractivity contribution in [2.45, 2.75) is 26.2 Å². The summed E-state index contributed by atoms with van der Waals surface area (Å²) in [7, 11) is 0. The molecule has 0 spiro atoms. The lowest BCUT2D eigenvalue weighted by Crippen LogP contribution is -2.21. The molecule has 24 heavy (non-hydrogen) atoms. The van der Waals surface area contributed by atoms with Gasteiger partial charge >= 0.3 is 0 Å². The second-order valence-corrected chi connectivity index (χ2v) is 5.44. The Morgan fingerprint density at radius 2 is 1.88 bits per heavy atom. The molecule has 0 aliphatic carbocycles. The van der Waals surface area contributed by atoms with Crippen molar-refractivity contribution in [1.82, 2.24) is 4.90 Å². The number of carbonyl (C=O) groups is 1. The molecule has 0 unspecified atom stereocenters. The maximum Gasteiger partial charge on any atom is 0.267 e. The standard InChI is InChI=1S/C20H25N3O/c1-4-7-8-17-9-11-19(12-10-17)22-20(24)18(15-21)16-23(13-5-2)14-6-3/h5-6,9-12,16H,2-4,7-8,13-14H2,1H3,(H,22,24)/b18-16-. The number of amides is 1. The van der Waals surface area contributed by atoms with Crippen molar-refractivity contribution in [3.8, 4) is 6.07 Å². The van der Waals surface area contributed by atoms with Gasteiger partial charge < -0.3 is 10.2 Å². The molecule has 1 aromatic carbocycles. The Morgan fingerprint density at radius 3 is 2.38 bits per heavy atom. The van der Waals surface area contributed by atoms with Crippen LogP contribution in [0.5, 0.6) is 0 Å². The van der Waals surface area contributed by atoms with Crippen LogP contribution in [-0.4, -0.2) is 23.9 Å². The van der Waals surface area contributed by atoms with Crippen LogP contribution in [0.2, 0.25) is 0 Å². The third-order valence-corrected chi connectivity index (χ3v) is 3.43. The van der Waals surface area contributed by atoms with Crippen LogP contribution < -0.4 is 5.32 Å². The zero-order valence-electron chi connectivity index (χ0n) is 14.3. The predicted octanol–water partition coefficient (Wildman–Crippen LogP) is 4.05. The van der Waals surface area contributed by atoms with E-state index in [9.17, 15) is 10.1 Å². The fourth-order valence-corrected chi connectivity index (χ4v) is 2.17. The Labute approximate surface area is 144 Å². The predicted molar refractivity (Wildman–Crippen MR) is 99.3 cm³/mol. The molecule has 1 amide bonds. The third kappa shape index (κ3) is 6.53. The maximum absolute atomic E-state index is 12.3. The zero-order chi connectivity index (χ0) is 17.8. The van der Waals surface area contributed by atoms with Crippen LogP contribution in [-0.2, 0) is 11.2 Å². The largest absolute Gasteiger partial charge is 0.369 e. The summed E-state index contributed by atoms with van der Waals surface area (Å²) in [6.45, 7) is 10.6. The molecular weight excluding hydrogens is 298 g/mol. The van der Waals surface area contributed by atoms with E-state index in [2.05, 4.69) is 25.4 Å². The van der Waals surface area contributed by atoms with Gasteiger partial charge in [-0.1, -0.05) is 37.6 Å². The molecule has 0 atom stereocenters. The van der Waals surface area contributed by atoms with Crippen LogP contribution in [0.15, 0.2) is 61.3 Å². The lowest BCUT2D eigenvalue weighted by Gasteiger charge is -2.16. The average Bonchev–Trinajstić information content (AvgIpc) is 2.59. The van der Waals surface area contributed by atoms with E-state index in [0.29, 0.717) is 18.8 Å². The average molecular weight is 323 g/mol. The van der Waals surface area contributed by atoms with E-state index >= 15 is 0 Å². The number of nitriles is 1. The number of aryl methyl sites for hydroxylation is 1. The van der Waals surface area contributed by atoms with Crippen molar-refractivity contribution in [1.29, 1.82) is 5.26 Å². The smallest absolute Gasteiger partial charge is 0.267 e. The molecule has 1 rings (SSSR count). The molecule has 0 saturated heterocycles. The molecule has 4 heteroatoms. The van der Waals surface area contributed by atoms with Crippen molar-refractivity contribution in [2.24, 2.45) is 0 Å². The first-order valence-corrected chi connectivity index (χ1v) is 8.12. The Kier molecular flexibility index (Phi) is 8.70. The molecule has 0 radical (unpaired) electrons. The summed E-state index contributed by atoms with van der Waals surface area (Å²) in [6.07, 6.45) is 8.29. The van der Waals surface area contributed by atoms with Gasteiger partial charge in [0.15, 0.2) is 0 Å². The molecule has 0 aromatic heterocycles. The van der Waals surface area contributed by atoms with Gasteiger partial charge in [-0.2, -0.15) is 5.26 Å². The lowest BCUT2D eigenvalue weighted by atomic mass is 10.1. The van der Waals surface area contributed by atoms with Gasteiger partial charge in [-0.15, -0.1) is 13.2 Å². The Hall–Kier alpha value is -2.80. The normalized spacial score (nSPS) is 10.6. The van der Waals surface area contributed by atoms with E-state index in [1.54, 1.807) is 17.1 Å². The first-order chi connectivity index (χ1) is 11.6. The molecule has 0 heterocycles. The molecular formula is C20H25N3O. The molecule has 4 nitrogen and oxygen atoms in total. The Balaban J connectivity index is 2.77. The van der Waals surface area contributed by atoms with Crippen molar-refractivity contribution < 1.29 is 4.79 Å². The number of hydrogen-bond donors (Lipinski definition) is 1. The molecule has 0 aliphatic rings. The Morgan fingerprint density at radius 1 is 1.25 bits per heavy atom. The van der Waals surface area contributed by atoms with E-state index in [1.165, 1.54) is 11.8 Å². The SMILES string of the molecule is C=CCN(/C=C(/C#N)C(=O)Nc1ccc(CCCC)cc1)CC=C. The molecule has 0 saturated carbocycles. The summed E-state index contributed by atoms with van der Waals surface area (Å²) < 4.78 is 0. The van der Waals surface area contributed by atoms with E-state index in [1.807, 2.05) is 30.3 Å². The zero-order valence-corrected chi connectivity index (χ0v) is 14.3. The second kappa shape index (κ2) is 10.8. The number of nitrogens with one attached hydrogen (secondary N) is 1. The first-order valence-electron chi connectivity index (χ1n) is 8.12. The van der Waals surface area contributed by atoms with Crippen molar-refractivity contribution >= 4 is 11.6 Å². The van der Waals surface area contributed by atoms with Crippen molar-refractivity contribution in [3.63, 3.8) is 0 Å². The summed E-state index contributed by atoms with van der Waals surface area (Å²) in [4.78, 5) is 14.1. The van der Waals surface area contributed by atoms with Gasteiger partial charge in [0.25, 0.3) is 5.91 Å². The van der Waals surface area contributed by atoms with Gasteiger partial charge in [0.1, 0.15) is 11.6 Å². The summed E-state index contributed by atoms with van der Waals surface area (Å²) in [5.74, 6) is -0.420. The fraction of sp³-hybridized carbons (Fsp3) is 0.300. The van der Waals surface area contributed by atoms with Crippen molar-refractivity contribution in [3.05, 3.63) is 66.9 Å². The van der Waals surface area contributed by atoms with Gasteiger partial charge in [-0.05, 0) is 30.5 Å². The van der Waals surface area contributed by atoms with Gasteiger partial charge in [0.2, 0.25) is 0 Å². The van der Waals surface area contributed by atoms with Gasteiger partial charge in [-0.25, -0.2) is 0 Å². The van der Waals surface area contributed by atoms with E-state index in [-0.39, 0.29) is 5.57 Å². The molecule has 1 aromatic rings. The van der Waals surface area contributed by atoms with Gasteiger partial charge in [-0.3, -0.25) is 4.79 Å². The minimum atomic E-state index is -0.420. The molecule has 0 aliphatic heterocycles. The van der Waals surface area contributed by atoms with Crippen LogP contribution in [0.25, 0.3) is 0 Å². The minimum absolute atomic E-state index is 0.0498. The van der Waals surface area contributed by atoms with Crippen LogP contribution in [0, 0.1) is 11.3 Å². The molecule has 0 bridgehead atoms. The van der Waals surface area contributed by atoms with E-state index < -0.39 is 5.91 Å². The van der Waals surface area contributed by atoms with Crippen LogP contribution >= 0.6 is 0 Å². The molecule has 1 N–H and O–H groups in total. The van der Waals surface area contributed by atoms with Gasteiger partial charge in [0, 0.05) is 25.0 Å². The quantitative estimate of drug-likeness (QED) is 0.401. The number of anilines is 1.